The number of ether oxygens (including phenoxy) is 1. The number of nitrogens with two attached hydrogens (primary N) is 1. The van der Waals surface area contributed by atoms with Gasteiger partial charge in [-0.1, -0.05) is 11.8 Å². The molecule has 1 amide bonds. The fourth-order valence-corrected chi connectivity index (χ4v) is 2.67. The smallest absolute Gasteiger partial charge is 0.253 e. The van der Waals surface area contributed by atoms with E-state index >= 15 is 0 Å². The number of likely N-dealkylation sites (N-methyl/N-ethyl adjacent to an activating group) is 1. The molecular formula is C17H22N2O2. The molecule has 1 aliphatic rings. The van der Waals surface area contributed by atoms with Crippen LogP contribution in [0.25, 0.3) is 0 Å². The van der Waals surface area contributed by atoms with Gasteiger partial charge in [-0.3, -0.25) is 4.79 Å². The number of rotatable bonds is 2. The number of carbonyl (C=O) groups is 1. The Morgan fingerprint density at radius 3 is 2.86 bits per heavy atom. The number of nitrogens with zero attached hydrogens (tertiary/aromatic N) is 1. The molecule has 1 aromatic carbocycles. The normalized spacial score (nSPS) is 20.8. The third-order valence-electron chi connectivity index (χ3n) is 3.95. The lowest BCUT2D eigenvalue weighted by Crippen LogP contribution is -2.41. The van der Waals surface area contributed by atoms with E-state index in [1.807, 2.05) is 39.1 Å². The van der Waals surface area contributed by atoms with Crippen molar-refractivity contribution in [3.8, 4) is 11.8 Å². The molecule has 0 spiro atoms. The molecule has 112 valence electrons. The standard InChI is InChI=1S/C17H22N2O2/c1-12-11-15(7-6-14(12)5-4-9-18)17(20)19(3)16-8-10-21-13(16)2/h6-7,11,13,16H,8-10,18H2,1-3H3. The van der Waals surface area contributed by atoms with Gasteiger partial charge >= 0.3 is 0 Å². The number of carbonyl (C=O) groups excluding carboxylic acids is 1. The summed E-state index contributed by atoms with van der Waals surface area (Å²) >= 11 is 0. The Labute approximate surface area is 126 Å². The molecule has 0 radical (unpaired) electrons. The summed E-state index contributed by atoms with van der Waals surface area (Å²) in [6, 6.07) is 5.75. The van der Waals surface area contributed by atoms with Crippen molar-refractivity contribution in [2.24, 2.45) is 5.73 Å². The maximum atomic E-state index is 12.6. The van der Waals surface area contributed by atoms with Crippen LogP contribution in [0.4, 0.5) is 0 Å². The molecule has 0 aliphatic carbocycles. The molecule has 21 heavy (non-hydrogen) atoms. The third kappa shape index (κ3) is 3.44. The molecule has 1 aliphatic heterocycles. The Morgan fingerprint density at radius 2 is 2.29 bits per heavy atom. The lowest BCUT2D eigenvalue weighted by atomic mass is 10.0. The van der Waals surface area contributed by atoms with E-state index in [2.05, 4.69) is 11.8 Å². The van der Waals surface area contributed by atoms with Gasteiger partial charge < -0.3 is 15.4 Å². The summed E-state index contributed by atoms with van der Waals surface area (Å²) in [4.78, 5) is 14.4. The van der Waals surface area contributed by atoms with Crippen molar-refractivity contribution < 1.29 is 9.53 Å². The van der Waals surface area contributed by atoms with Gasteiger partial charge in [-0.2, -0.15) is 0 Å². The first-order valence-corrected chi connectivity index (χ1v) is 7.23. The highest BCUT2D eigenvalue weighted by atomic mass is 16.5. The van der Waals surface area contributed by atoms with Crippen molar-refractivity contribution in [2.75, 3.05) is 20.2 Å². The average molecular weight is 286 g/mol. The summed E-state index contributed by atoms with van der Waals surface area (Å²) in [5.41, 5.74) is 7.97. The highest BCUT2D eigenvalue weighted by Gasteiger charge is 2.31. The van der Waals surface area contributed by atoms with Gasteiger partial charge in [-0.15, -0.1) is 0 Å². The Bertz CT molecular complexity index is 586. The highest BCUT2D eigenvalue weighted by Crippen LogP contribution is 2.21. The van der Waals surface area contributed by atoms with E-state index in [1.165, 1.54) is 0 Å². The number of aryl methyl sites for hydroxylation is 1. The Balaban J connectivity index is 2.17. The van der Waals surface area contributed by atoms with Crippen LogP contribution in [-0.4, -0.2) is 43.2 Å². The van der Waals surface area contributed by atoms with Crippen LogP contribution >= 0.6 is 0 Å². The van der Waals surface area contributed by atoms with E-state index in [9.17, 15) is 4.79 Å². The number of hydrogen-bond acceptors (Lipinski definition) is 3. The zero-order valence-electron chi connectivity index (χ0n) is 12.8. The predicted octanol–water partition coefficient (Wildman–Crippen LogP) is 1.55. The van der Waals surface area contributed by atoms with E-state index in [4.69, 9.17) is 10.5 Å². The summed E-state index contributed by atoms with van der Waals surface area (Å²) in [6.45, 7) is 5.02. The third-order valence-corrected chi connectivity index (χ3v) is 3.95. The second kappa shape index (κ2) is 6.75. The molecule has 1 fully saturated rings. The molecule has 2 rings (SSSR count). The topological polar surface area (TPSA) is 55.6 Å². The van der Waals surface area contributed by atoms with Crippen LogP contribution in [0.5, 0.6) is 0 Å². The molecule has 1 heterocycles. The lowest BCUT2D eigenvalue weighted by molar-refractivity contribution is 0.0574. The summed E-state index contributed by atoms with van der Waals surface area (Å²) in [5, 5.41) is 0. The molecule has 4 nitrogen and oxygen atoms in total. The SMILES string of the molecule is Cc1cc(C(=O)N(C)C2CCOC2C)ccc1C#CCN. The molecule has 2 unspecified atom stereocenters. The monoisotopic (exact) mass is 286 g/mol. The van der Waals surface area contributed by atoms with E-state index in [0.29, 0.717) is 12.1 Å². The van der Waals surface area contributed by atoms with Gasteiger partial charge in [-0.25, -0.2) is 0 Å². The maximum Gasteiger partial charge on any atom is 0.253 e. The second-order valence-corrected chi connectivity index (χ2v) is 5.38. The summed E-state index contributed by atoms with van der Waals surface area (Å²) in [5.74, 6) is 5.87. The number of benzene rings is 1. The molecule has 2 N–H and O–H groups in total. The van der Waals surface area contributed by atoms with Gasteiger partial charge in [0.1, 0.15) is 0 Å². The Kier molecular flexibility index (Phi) is 5.00. The zero-order chi connectivity index (χ0) is 15.4. The summed E-state index contributed by atoms with van der Waals surface area (Å²) in [6.07, 6.45) is 0.984. The molecule has 4 heteroatoms. The summed E-state index contributed by atoms with van der Waals surface area (Å²) in [7, 11) is 1.84. The van der Waals surface area contributed by atoms with Crippen molar-refractivity contribution >= 4 is 5.91 Å². The second-order valence-electron chi connectivity index (χ2n) is 5.38. The van der Waals surface area contributed by atoms with E-state index in [1.54, 1.807) is 4.90 Å². The molecule has 2 atom stereocenters. The van der Waals surface area contributed by atoms with Crippen LogP contribution in [0, 0.1) is 18.8 Å². The highest BCUT2D eigenvalue weighted by molar-refractivity contribution is 5.94. The van der Waals surface area contributed by atoms with Gasteiger partial charge in [0.05, 0.1) is 18.7 Å². The maximum absolute atomic E-state index is 12.6. The van der Waals surface area contributed by atoms with Gasteiger partial charge in [0.15, 0.2) is 0 Å². The molecule has 0 saturated carbocycles. The van der Waals surface area contributed by atoms with E-state index < -0.39 is 0 Å². The van der Waals surface area contributed by atoms with Crippen LogP contribution in [0.2, 0.25) is 0 Å². The van der Waals surface area contributed by atoms with Gasteiger partial charge in [0.2, 0.25) is 0 Å². The van der Waals surface area contributed by atoms with Gasteiger partial charge in [-0.05, 0) is 44.0 Å². The van der Waals surface area contributed by atoms with Crippen LogP contribution in [0.15, 0.2) is 18.2 Å². The van der Waals surface area contributed by atoms with Crippen molar-refractivity contribution in [3.05, 3.63) is 34.9 Å². The number of hydrogen-bond donors (Lipinski definition) is 1. The van der Waals surface area contributed by atoms with Crippen molar-refractivity contribution in [3.63, 3.8) is 0 Å². The molecular weight excluding hydrogens is 264 g/mol. The Hall–Kier alpha value is -1.83. The van der Waals surface area contributed by atoms with Gasteiger partial charge in [0, 0.05) is 24.8 Å². The van der Waals surface area contributed by atoms with Gasteiger partial charge in [0.25, 0.3) is 5.91 Å². The van der Waals surface area contributed by atoms with E-state index in [-0.39, 0.29) is 18.1 Å². The van der Waals surface area contributed by atoms with Crippen molar-refractivity contribution in [1.82, 2.24) is 4.90 Å². The number of amides is 1. The minimum atomic E-state index is 0.0267. The quantitative estimate of drug-likeness (QED) is 0.839. The average Bonchev–Trinajstić information content (AvgIpc) is 2.90. The zero-order valence-corrected chi connectivity index (χ0v) is 12.8. The summed E-state index contributed by atoms with van der Waals surface area (Å²) < 4.78 is 5.54. The first kappa shape index (κ1) is 15.6. The fourth-order valence-electron chi connectivity index (χ4n) is 2.67. The fraction of sp³-hybridized carbons (Fsp3) is 0.471. The molecule has 0 aromatic heterocycles. The first-order chi connectivity index (χ1) is 10.0. The first-order valence-electron chi connectivity index (χ1n) is 7.23. The minimum absolute atomic E-state index is 0.0267. The lowest BCUT2D eigenvalue weighted by Gasteiger charge is -2.27. The van der Waals surface area contributed by atoms with E-state index in [0.717, 1.165) is 24.2 Å². The molecule has 1 aromatic rings. The minimum Gasteiger partial charge on any atom is -0.376 e. The van der Waals surface area contributed by atoms with Crippen LogP contribution in [-0.2, 0) is 4.74 Å². The molecule has 1 saturated heterocycles. The van der Waals surface area contributed by atoms with Crippen LogP contribution < -0.4 is 5.73 Å². The van der Waals surface area contributed by atoms with Crippen LogP contribution in [0.3, 0.4) is 0 Å². The van der Waals surface area contributed by atoms with Crippen LogP contribution in [0.1, 0.15) is 34.8 Å². The largest absolute Gasteiger partial charge is 0.376 e. The van der Waals surface area contributed by atoms with Crippen molar-refractivity contribution in [1.29, 1.82) is 0 Å². The predicted molar refractivity (Wildman–Crippen MR) is 83.0 cm³/mol. The molecule has 0 bridgehead atoms. The Morgan fingerprint density at radius 1 is 1.52 bits per heavy atom. The van der Waals surface area contributed by atoms with Crippen molar-refractivity contribution in [2.45, 2.75) is 32.4 Å².